The van der Waals surface area contributed by atoms with E-state index < -0.39 is 11.7 Å². The molecule has 0 aliphatic rings. The molecule has 9 heteroatoms. The van der Waals surface area contributed by atoms with Crippen LogP contribution in [0, 0.1) is 6.92 Å². The molecule has 32 heavy (non-hydrogen) atoms. The molecule has 166 valence electrons. The van der Waals surface area contributed by atoms with Crippen LogP contribution in [0.15, 0.2) is 46.8 Å². The van der Waals surface area contributed by atoms with Crippen molar-refractivity contribution in [1.82, 2.24) is 9.97 Å². The first-order valence-electron chi connectivity index (χ1n) is 9.89. The van der Waals surface area contributed by atoms with E-state index in [9.17, 15) is 18.0 Å². The second-order valence-corrected chi connectivity index (χ2v) is 10.2. The average Bonchev–Trinajstić information content (AvgIpc) is 3.38. The quantitative estimate of drug-likeness (QED) is 0.250. The van der Waals surface area contributed by atoms with E-state index in [0.717, 1.165) is 43.4 Å². The number of fused-ring (bicyclic) bond motifs is 1. The normalized spacial score (nSPS) is 11.9. The van der Waals surface area contributed by atoms with E-state index in [2.05, 4.69) is 9.97 Å². The smallest absolute Gasteiger partial charge is 0.299 e. The molecule has 0 saturated heterocycles. The predicted octanol–water partition coefficient (Wildman–Crippen LogP) is 7.56. The van der Waals surface area contributed by atoms with E-state index in [0.29, 0.717) is 29.2 Å². The van der Waals surface area contributed by atoms with Gasteiger partial charge < -0.3 is 0 Å². The van der Waals surface area contributed by atoms with Gasteiger partial charge in [-0.05, 0) is 36.8 Å². The molecule has 0 bridgehead atoms. The number of thiazole rings is 2. The maximum absolute atomic E-state index is 12.8. The Hall–Kier alpha value is -2.23. The van der Waals surface area contributed by atoms with E-state index in [4.69, 9.17) is 0 Å². The summed E-state index contributed by atoms with van der Waals surface area (Å²) in [5, 5.41) is 0.702. The Bertz CT molecular complexity index is 1260. The number of ketones is 1. The van der Waals surface area contributed by atoms with E-state index in [1.54, 1.807) is 28.6 Å². The first kappa shape index (κ1) is 22.9. The fourth-order valence-electron chi connectivity index (χ4n) is 3.18. The third kappa shape index (κ3) is 5.05. The number of aromatic nitrogens is 2. The minimum atomic E-state index is -4.35. The summed E-state index contributed by atoms with van der Waals surface area (Å²) in [6, 6.07) is 9.17. The predicted molar refractivity (Wildman–Crippen MR) is 125 cm³/mol. The molecule has 0 atom stereocenters. The van der Waals surface area contributed by atoms with Gasteiger partial charge in [0.25, 0.3) is 0 Å². The monoisotopic (exact) mass is 492 g/mol. The summed E-state index contributed by atoms with van der Waals surface area (Å²) in [6.07, 6.45) is -3.43. The summed E-state index contributed by atoms with van der Waals surface area (Å²) in [7, 11) is 0. The standard InChI is InChI=1S/C23H19F3N2OS3/c1-3-17(29)8-14-9-18(21-19(10-14)31-12-27-21)30-11-20-13(2)28-22(32-20)15-4-6-16(7-5-15)23(24,25)26/h4-7,9-10,12H,3,8,11H2,1-2H3. The minimum Gasteiger partial charge on any atom is -0.299 e. The second kappa shape index (κ2) is 9.33. The Balaban J connectivity index is 1.55. The van der Waals surface area contributed by atoms with Crippen molar-refractivity contribution in [2.75, 3.05) is 0 Å². The van der Waals surface area contributed by atoms with Crippen molar-refractivity contribution in [3.8, 4) is 10.6 Å². The van der Waals surface area contributed by atoms with E-state index in [-0.39, 0.29) is 5.78 Å². The number of nitrogens with zero attached hydrogens (tertiary/aromatic N) is 2. The summed E-state index contributed by atoms with van der Waals surface area (Å²) in [5.41, 5.74) is 4.59. The summed E-state index contributed by atoms with van der Waals surface area (Å²) in [4.78, 5) is 23.0. The Kier molecular flexibility index (Phi) is 6.69. The van der Waals surface area contributed by atoms with Crippen LogP contribution < -0.4 is 0 Å². The fraction of sp³-hybridized carbons (Fsp3) is 0.261. The number of aryl methyl sites for hydroxylation is 1. The van der Waals surface area contributed by atoms with Crippen LogP contribution in [0.1, 0.15) is 35.0 Å². The first-order chi connectivity index (χ1) is 15.2. The molecule has 0 amide bonds. The summed E-state index contributed by atoms with van der Waals surface area (Å²) in [6.45, 7) is 3.78. The number of carbonyl (C=O) groups is 1. The van der Waals surface area contributed by atoms with Crippen LogP contribution in [0.5, 0.6) is 0 Å². The van der Waals surface area contributed by atoms with Crippen molar-refractivity contribution in [3.63, 3.8) is 0 Å². The topological polar surface area (TPSA) is 42.9 Å². The number of halogens is 3. The molecule has 4 aromatic rings. The van der Waals surface area contributed by atoms with E-state index in [1.807, 2.05) is 26.0 Å². The van der Waals surface area contributed by atoms with Crippen LogP contribution in [0.25, 0.3) is 20.8 Å². The number of carbonyl (C=O) groups excluding carboxylic acids is 1. The lowest BCUT2D eigenvalue weighted by Crippen LogP contribution is -2.03. The zero-order chi connectivity index (χ0) is 22.9. The average molecular weight is 493 g/mol. The third-order valence-electron chi connectivity index (χ3n) is 4.97. The van der Waals surface area contributed by atoms with Gasteiger partial charge in [-0.3, -0.25) is 4.79 Å². The molecule has 0 spiro atoms. The molecular formula is C23H19F3N2OS3. The van der Waals surface area contributed by atoms with E-state index >= 15 is 0 Å². The number of hydrogen-bond donors (Lipinski definition) is 0. The van der Waals surface area contributed by atoms with Crippen LogP contribution in [0.4, 0.5) is 13.2 Å². The highest BCUT2D eigenvalue weighted by Gasteiger charge is 2.30. The van der Waals surface area contributed by atoms with Crippen LogP contribution >= 0.6 is 34.4 Å². The molecule has 0 unspecified atom stereocenters. The van der Waals surface area contributed by atoms with Crippen molar-refractivity contribution < 1.29 is 18.0 Å². The zero-order valence-electron chi connectivity index (χ0n) is 17.3. The number of thioether (sulfide) groups is 1. The zero-order valence-corrected chi connectivity index (χ0v) is 19.8. The summed E-state index contributed by atoms with van der Waals surface area (Å²) >= 11 is 4.68. The molecule has 2 aromatic carbocycles. The van der Waals surface area contributed by atoms with Crippen LogP contribution in [-0.2, 0) is 23.1 Å². The number of benzene rings is 2. The van der Waals surface area contributed by atoms with Crippen molar-refractivity contribution in [3.05, 3.63) is 63.6 Å². The minimum absolute atomic E-state index is 0.198. The van der Waals surface area contributed by atoms with Gasteiger partial charge in [0.2, 0.25) is 0 Å². The molecule has 2 aromatic heterocycles. The molecule has 0 N–H and O–H groups in total. The van der Waals surface area contributed by atoms with Gasteiger partial charge in [0.1, 0.15) is 10.8 Å². The Labute approximate surface area is 195 Å². The van der Waals surface area contributed by atoms with Gasteiger partial charge >= 0.3 is 6.18 Å². The van der Waals surface area contributed by atoms with Crippen LogP contribution in [0.2, 0.25) is 0 Å². The lowest BCUT2D eigenvalue weighted by molar-refractivity contribution is -0.137. The lowest BCUT2D eigenvalue weighted by atomic mass is 10.1. The highest BCUT2D eigenvalue weighted by Crippen LogP contribution is 2.37. The van der Waals surface area contributed by atoms with Crippen molar-refractivity contribution >= 4 is 50.4 Å². The lowest BCUT2D eigenvalue weighted by Gasteiger charge is -2.06. The SMILES string of the molecule is CCC(=O)Cc1cc(SCc2sc(-c3ccc(C(F)(F)F)cc3)nc2C)c2ncsc2c1. The molecule has 0 saturated carbocycles. The van der Waals surface area contributed by atoms with Gasteiger partial charge in [-0.2, -0.15) is 13.2 Å². The van der Waals surface area contributed by atoms with E-state index in [1.165, 1.54) is 23.5 Å². The molecule has 4 rings (SSSR count). The Morgan fingerprint density at radius 3 is 2.59 bits per heavy atom. The van der Waals surface area contributed by atoms with Crippen molar-refractivity contribution in [2.24, 2.45) is 0 Å². The highest BCUT2D eigenvalue weighted by molar-refractivity contribution is 7.98. The largest absolute Gasteiger partial charge is 0.416 e. The molecule has 0 aliphatic carbocycles. The van der Waals surface area contributed by atoms with Gasteiger partial charge in [0, 0.05) is 33.9 Å². The number of Topliss-reactive ketones (excluding diaryl/α,β-unsaturated/α-hetero) is 1. The second-order valence-electron chi connectivity index (χ2n) is 7.25. The molecular weight excluding hydrogens is 473 g/mol. The summed E-state index contributed by atoms with van der Waals surface area (Å²) < 4.78 is 39.5. The molecule has 0 radical (unpaired) electrons. The molecule has 2 heterocycles. The van der Waals surface area contributed by atoms with Gasteiger partial charge in [-0.1, -0.05) is 19.1 Å². The Morgan fingerprint density at radius 2 is 1.91 bits per heavy atom. The number of hydrogen-bond acceptors (Lipinski definition) is 6. The van der Waals surface area contributed by atoms with Crippen molar-refractivity contribution in [1.29, 1.82) is 0 Å². The first-order valence-corrected chi connectivity index (χ1v) is 12.6. The molecule has 0 aliphatic heterocycles. The third-order valence-corrected chi connectivity index (χ3v) is 8.19. The Morgan fingerprint density at radius 1 is 1.16 bits per heavy atom. The number of alkyl halides is 3. The number of rotatable bonds is 7. The van der Waals surface area contributed by atoms with Crippen molar-refractivity contribution in [2.45, 2.75) is 43.5 Å². The highest BCUT2D eigenvalue weighted by atomic mass is 32.2. The van der Waals surface area contributed by atoms with Gasteiger partial charge in [0.15, 0.2) is 0 Å². The summed E-state index contributed by atoms with van der Waals surface area (Å²) in [5.74, 6) is 0.867. The molecule has 3 nitrogen and oxygen atoms in total. The van der Waals surface area contributed by atoms with Crippen LogP contribution in [-0.4, -0.2) is 15.8 Å². The maximum Gasteiger partial charge on any atom is 0.416 e. The maximum atomic E-state index is 12.8. The van der Waals surface area contributed by atoms with Gasteiger partial charge in [0.05, 0.1) is 27.0 Å². The van der Waals surface area contributed by atoms with Gasteiger partial charge in [-0.15, -0.1) is 34.4 Å². The molecule has 0 fully saturated rings. The fourth-order valence-corrected chi connectivity index (χ4v) is 6.32. The van der Waals surface area contributed by atoms with Gasteiger partial charge in [-0.25, -0.2) is 9.97 Å². The van der Waals surface area contributed by atoms with Crippen LogP contribution in [0.3, 0.4) is 0 Å².